The number of ether oxygens (including phenoxy) is 2. The van der Waals surface area contributed by atoms with Crippen LogP contribution in [-0.4, -0.2) is 19.3 Å². The summed E-state index contributed by atoms with van der Waals surface area (Å²) in [7, 11) is 0. The van der Waals surface area contributed by atoms with Crippen molar-refractivity contribution in [3.63, 3.8) is 0 Å². The van der Waals surface area contributed by atoms with Crippen LogP contribution in [0.5, 0.6) is 0 Å². The molecule has 1 rings (SSSR count). The minimum Gasteiger partial charge on any atom is -0.375 e. The van der Waals surface area contributed by atoms with Crippen LogP contribution in [0.25, 0.3) is 0 Å². The van der Waals surface area contributed by atoms with Crippen molar-refractivity contribution in [1.82, 2.24) is 0 Å². The van der Waals surface area contributed by atoms with E-state index < -0.39 is 0 Å². The van der Waals surface area contributed by atoms with E-state index in [2.05, 4.69) is 25.6 Å². The van der Waals surface area contributed by atoms with E-state index in [1.807, 2.05) is 18.2 Å². The van der Waals surface area contributed by atoms with E-state index >= 15 is 0 Å². The molecule has 0 radical (unpaired) electrons. The summed E-state index contributed by atoms with van der Waals surface area (Å²) in [6, 6.07) is 10.2. The maximum atomic E-state index is 5.76. The van der Waals surface area contributed by atoms with Crippen LogP contribution >= 0.6 is 0 Å². The molecule has 0 amide bonds. The molecule has 1 atom stereocenters. The first-order valence-electron chi connectivity index (χ1n) is 5.71. The van der Waals surface area contributed by atoms with Gasteiger partial charge in [-0.15, -0.1) is 6.58 Å². The Bertz CT molecular complexity index is 282. The molecule has 0 aromatic heterocycles. The van der Waals surface area contributed by atoms with Crippen molar-refractivity contribution < 1.29 is 9.47 Å². The highest BCUT2D eigenvalue weighted by Crippen LogP contribution is 2.06. The molecule has 0 fully saturated rings. The van der Waals surface area contributed by atoms with Gasteiger partial charge in [-0.05, 0) is 12.0 Å². The van der Waals surface area contributed by atoms with Crippen molar-refractivity contribution in [2.75, 3.05) is 13.2 Å². The molecule has 88 valence electrons. The maximum absolute atomic E-state index is 5.76. The van der Waals surface area contributed by atoms with Gasteiger partial charge in [0.05, 0.1) is 25.9 Å². The lowest BCUT2D eigenvalue weighted by molar-refractivity contribution is -0.0201. The van der Waals surface area contributed by atoms with Crippen LogP contribution in [0.3, 0.4) is 0 Å². The summed E-state index contributed by atoms with van der Waals surface area (Å²) in [5.41, 5.74) is 1.20. The summed E-state index contributed by atoms with van der Waals surface area (Å²) in [4.78, 5) is 0. The van der Waals surface area contributed by atoms with Crippen LogP contribution in [0.15, 0.2) is 43.0 Å². The van der Waals surface area contributed by atoms with Crippen molar-refractivity contribution >= 4 is 0 Å². The van der Waals surface area contributed by atoms with Gasteiger partial charge < -0.3 is 9.47 Å². The molecule has 0 saturated heterocycles. The zero-order chi connectivity index (χ0) is 11.6. The minimum atomic E-state index is 0.167. The lowest BCUT2D eigenvalue weighted by Crippen LogP contribution is -2.19. The molecule has 0 N–H and O–H groups in total. The van der Waals surface area contributed by atoms with Gasteiger partial charge in [0.1, 0.15) is 0 Å². The highest BCUT2D eigenvalue weighted by Gasteiger charge is 2.06. The standard InChI is InChI=1S/C14H20O2/c1-3-10-15-12-14(4-2)16-11-13-8-6-5-7-9-13/h3,5-9,14H,1,4,10-12H2,2H3/t14-/m1/s1. The molecular weight excluding hydrogens is 200 g/mol. The molecule has 0 aliphatic carbocycles. The Morgan fingerprint density at radius 3 is 2.69 bits per heavy atom. The number of hydrogen-bond acceptors (Lipinski definition) is 2. The number of benzene rings is 1. The van der Waals surface area contributed by atoms with E-state index in [-0.39, 0.29) is 6.10 Å². The van der Waals surface area contributed by atoms with Crippen molar-refractivity contribution in [2.24, 2.45) is 0 Å². The first-order valence-corrected chi connectivity index (χ1v) is 5.71. The van der Waals surface area contributed by atoms with Crippen LogP contribution in [0.2, 0.25) is 0 Å². The molecule has 0 heterocycles. The predicted molar refractivity (Wildman–Crippen MR) is 66.3 cm³/mol. The molecule has 2 nitrogen and oxygen atoms in total. The monoisotopic (exact) mass is 220 g/mol. The fraction of sp³-hybridized carbons (Fsp3) is 0.429. The second kappa shape index (κ2) is 8.08. The first kappa shape index (κ1) is 12.9. The van der Waals surface area contributed by atoms with E-state index in [9.17, 15) is 0 Å². The molecule has 0 aliphatic heterocycles. The SMILES string of the molecule is C=CCOC[C@@H](CC)OCc1ccccc1. The molecule has 0 aliphatic rings. The van der Waals surface area contributed by atoms with Crippen LogP contribution in [-0.2, 0) is 16.1 Å². The van der Waals surface area contributed by atoms with E-state index in [0.29, 0.717) is 19.8 Å². The fourth-order valence-electron chi connectivity index (χ4n) is 1.35. The average Bonchev–Trinajstić information content (AvgIpc) is 2.35. The molecule has 1 aromatic rings. The third kappa shape index (κ3) is 5.10. The Balaban J connectivity index is 2.25. The van der Waals surface area contributed by atoms with Gasteiger partial charge in [0.15, 0.2) is 0 Å². The van der Waals surface area contributed by atoms with Gasteiger partial charge in [-0.25, -0.2) is 0 Å². The van der Waals surface area contributed by atoms with Gasteiger partial charge in [-0.1, -0.05) is 43.3 Å². The second-order valence-electron chi connectivity index (χ2n) is 3.65. The highest BCUT2D eigenvalue weighted by atomic mass is 16.5. The zero-order valence-corrected chi connectivity index (χ0v) is 9.89. The molecular formula is C14H20O2. The zero-order valence-electron chi connectivity index (χ0n) is 9.89. The largest absolute Gasteiger partial charge is 0.375 e. The average molecular weight is 220 g/mol. The summed E-state index contributed by atoms with van der Waals surface area (Å²) in [6.07, 6.45) is 2.88. The van der Waals surface area contributed by atoms with Crippen LogP contribution in [0.1, 0.15) is 18.9 Å². The predicted octanol–water partition coefficient (Wildman–Crippen LogP) is 3.18. The first-order chi connectivity index (χ1) is 7.86. The van der Waals surface area contributed by atoms with Gasteiger partial charge in [0.25, 0.3) is 0 Å². The normalized spacial score (nSPS) is 12.3. The second-order valence-corrected chi connectivity index (χ2v) is 3.65. The van der Waals surface area contributed by atoms with Crippen molar-refractivity contribution in [1.29, 1.82) is 0 Å². The quantitative estimate of drug-likeness (QED) is 0.495. The minimum absolute atomic E-state index is 0.167. The third-order valence-electron chi connectivity index (χ3n) is 2.32. The maximum Gasteiger partial charge on any atom is 0.0810 e. The fourth-order valence-corrected chi connectivity index (χ4v) is 1.35. The Labute approximate surface area is 97.9 Å². The van der Waals surface area contributed by atoms with E-state index in [0.717, 1.165) is 6.42 Å². The van der Waals surface area contributed by atoms with E-state index in [4.69, 9.17) is 9.47 Å². The number of hydrogen-bond donors (Lipinski definition) is 0. The molecule has 0 saturated carbocycles. The van der Waals surface area contributed by atoms with E-state index in [1.165, 1.54) is 5.56 Å². The molecule has 0 spiro atoms. The van der Waals surface area contributed by atoms with Crippen molar-refractivity contribution in [2.45, 2.75) is 26.1 Å². The summed E-state index contributed by atoms with van der Waals surface area (Å²) >= 11 is 0. The number of rotatable bonds is 8. The van der Waals surface area contributed by atoms with Crippen LogP contribution in [0.4, 0.5) is 0 Å². The van der Waals surface area contributed by atoms with Gasteiger partial charge in [0, 0.05) is 0 Å². The van der Waals surface area contributed by atoms with Gasteiger partial charge in [-0.2, -0.15) is 0 Å². The Kier molecular flexibility index (Phi) is 6.54. The van der Waals surface area contributed by atoms with Crippen LogP contribution < -0.4 is 0 Å². The topological polar surface area (TPSA) is 18.5 Å². The van der Waals surface area contributed by atoms with Gasteiger partial charge in [-0.3, -0.25) is 0 Å². The van der Waals surface area contributed by atoms with Crippen molar-refractivity contribution in [3.05, 3.63) is 48.6 Å². The third-order valence-corrected chi connectivity index (χ3v) is 2.32. The van der Waals surface area contributed by atoms with E-state index in [1.54, 1.807) is 6.08 Å². The molecule has 0 bridgehead atoms. The summed E-state index contributed by atoms with van der Waals surface area (Å²) < 4.78 is 11.1. The lowest BCUT2D eigenvalue weighted by atomic mass is 10.2. The molecule has 16 heavy (non-hydrogen) atoms. The Morgan fingerprint density at radius 1 is 1.31 bits per heavy atom. The molecule has 1 aromatic carbocycles. The summed E-state index contributed by atoms with van der Waals surface area (Å²) in [6.45, 7) is 7.59. The van der Waals surface area contributed by atoms with Crippen molar-refractivity contribution in [3.8, 4) is 0 Å². The smallest absolute Gasteiger partial charge is 0.0810 e. The summed E-state index contributed by atoms with van der Waals surface area (Å²) in [5.74, 6) is 0. The van der Waals surface area contributed by atoms with Gasteiger partial charge in [0.2, 0.25) is 0 Å². The Morgan fingerprint density at radius 2 is 2.06 bits per heavy atom. The molecule has 2 heteroatoms. The molecule has 0 unspecified atom stereocenters. The highest BCUT2D eigenvalue weighted by molar-refractivity contribution is 5.13. The Hall–Kier alpha value is -1.12. The van der Waals surface area contributed by atoms with Crippen LogP contribution in [0, 0.1) is 0 Å². The van der Waals surface area contributed by atoms with Gasteiger partial charge >= 0.3 is 0 Å². The summed E-state index contributed by atoms with van der Waals surface area (Å²) in [5, 5.41) is 0. The lowest BCUT2D eigenvalue weighted by Gasteiger charge is -2.15.